The Labute approximate surface area is 110 Å². The molecule has 98 valence electrons. The van der Waals surface area contributed by atoms with E-state index in [2.05, 4.69) is 22.2 Å². The van der Waals surface area contributed by atoms with Gasteiger partial charge >= 0.3 is 0 Å². The maximum absolute atomic E-state index is 5.25. The number of nitrogens with zero attached hydrogens (tertiary/aromatic N) is 5. The number of aryl methyl sites for hydroxylation is 1. The third-order valence-corrected chi connectivity index (χ3v) is 3.73. The lowest BCUT2D eigenvalue weighted by molar-refractivity contribution is 0.393. The fraction of sp³-hybridized carbons (Fsp3) is 0.545. The van der Waals surface area contributed by atoms with E-state index in [1.165, 1.54) is 0 Å². The molecule has 0 bridgehead atoms. The van der Waals surface area contributed by atoms with Gasteiger partial charge in [-0.2, -0.15) is 0 Å². The lowest BCUT2D eigenvalue weighted by atomic mass is 10.3. The smallest absolute Gasteiger partial charge is 0.243 e. The molecule has 6 nitrogen and oxygen atoms in total. The summed E-state index contributed by atoms with van der Waals surface area (Å²) in [6, 6.07) is 0. The average molecular weight is 267 g/mol. The zero-order valence-corrected chi connectivity index (χ0v) is 11.9. The lowest BCUT2D eigenvalue weighted by Crippen LogP contribution is -1.96. The fourth-order valence-corrected chi connectivity index (χ4v) is 2.41. The van der Waals surface area contributed by atoms with Crippen LogP contribution < -0.4 is 4.74 Å². The number of hydrogen-bond donors (Lipinski definition) is 0. The minimum Gasteiger partial charge on any atom is -0.479 e. The Morgan fingerprint density at radius 3 is 2.78 bits per heavy atom. The Kier molecular flexibility index (Phi) is 3.90. The average Bonchev–Trinajstić information content (AvgIpc) is 2.90. The highest BCUT2D eigenvalue weighted by Gasteiger charge is 2.17. The molecule has 2 aromatic rings. The minimum atomic E-state index is 0.569. The summed E-state index contributed by atoms with van der Waals surface area (Å²) in [7, 11) is 5.42. The number of ether oxygens (including phenoxy) is 1. The summed E-state index contributed by atoms with van der Waals surface area (Å²) in [5, 5.41) is 13.6. The first-order valence-electron chi connectivity index (χ1n) is 5.77. The molecule has 0 unspecified atom stereocenters. The third kappa shape index (κ3) is 2.35. The molecular formula is C11H17N5OS. The van der Waals surface area contributed by atoms with Crippen LogP contribution in [0.2, 0.25) is 0 Å². The Bertz CT molecular complexity index is 534. The van der Waals surface area contributed by atoms with E-state index in [1.54, 1.807) is 23.6 Å². The summed E-state index contributed by atoms with van der Waals surface area (Å²) in [5.74, 6) is 2.38. The fourth-order valence-electron chi connectivity index (χ4n) is 1.64. The normalized spacial score (nSPS) is 10.9. The summed E-state index contributed by atoms with van der Waals surface area (Å²) in [6.45, 7) is 2.15. The summed E-state index contributed by atoms with van der Waals surface area (Å²) in [6.07, 6.45) is 3.00. The summed E-state index contributed by atoms with van der Waals surface area (Å²) in [5.41, 5.74) is 0.860. The molecule has 2 aromatic heterocycles. The van der Waals surface area contributed by atoms with E-state index in [0.717, 1.165) is 28.7 Å². The van der Waals surface area contributed by atoms with E-state index in [9.17, 15) is 0 Å². The van der Waals surface area contributed by atoms with Crippen LogP contribution in [0.5, 0.6) is 5.88 Å². The monoisotopic (exact) mass is 267 g/mol. The number of hydrogen-bond acceptors (Lipinski definition) is 5. The van der Waals surface area contributed by atoms with Crippen LogP contribution in [-0.2, 0) is 14.1 Å². The van der Waals surface area contributed by atoms with E-state index in [1.807, 2.05) is 24.9 Å². The van der Waals surface area contributed by atoms with E-state index >= 15 is 0 Å². The number of rotatable bonds is 5. The van der Waals surface area contributed by atoms with Gasteiger partial charge in [0.05, 0.1) is 7.11 Å². The van der Waals surface area contributed by atoms with Crippen molar-refractivity contribution in [2.45, 2.75) is 18.5 Å². The van der Waals surface area contributed by atoms with Gasteiger partial charge in [0.25, 0.3) is 0 Å². The molecule has 0 N–H and O–H groups in total. The molecule has 0 aromatic carbocycles. The molecule has 0 saturated carbocycles. The van der Waals surface area contributed by atoms with Crippen LogP contribution in [0.25, 0.3) is 11.4 Å². The standard InChI is InChI=1S/C11H17N5OS/c1-5-6-18-11-13-12-9(16(11)3)8-7-15(2)14-10(8)17-4/h7H,5-6H2,1-4H3. The van der Waals surface area contributed by atoms with Gasteiger partial charge in [0.15, 0.2) is 11.0 Å². The lowest BCUT2D eigenvalue weighted by Gasteiger charge is -2.02. The number of methoxy groups -OCH3 is 1. The quantitative estimate of drug-likeness (QED) is 0.772. The van der Waals surface area contributed by atoms with Crippen LogP contribution in [0.4, 0.5) is 0 Å². The van der Waals surface area contributed by atoms with E-state index < -0.39 is 0 Å². The third-order valence-electron chi connectivity index (χ3n) is 2.50. The Hall–Kier alpha value is -1.50. The second-order valence-electron chi connectivity index (χ2n) is 3.94. The van der Waals surface area contributed by atoms with Gasteiger partial charge in [0, 0.05) is 26.0 Å². The van der Waals surface area contributed by atoms with Gasteiger partial charge in [0.1, 0.15) is 5.56 Å². The predicted octanol–water partition coefficient (Wildman–Crippen LogP) is 1.73. The maximum Gasteiger partial charge on any atom is 0.243 e. The van der Waals surface area contributed by atoms with Crippen LogP contribution in [-0.4, -0.2) is 37.4 Å². The van der Waals surface area contributed by atoms with E-state index in [4.69, 9.17) is 4.74 Å². The molecule has 0 fully saturated rings. The van der Waals surface area contributed by atoms with Crippen molar-refractivity contribution in [1.29, 1.82) is 0 Å². The molecule has 0 aliphatic carbocycles. The Morgan fingerprint density at radius 2 is 2.11 bits per heavy atom. The van der Waals surface area contributed by atoms with Crippen molar-refractivity contribution in [1.82, 2.24) is 24.5 Å². The van der Waals surface area contributed by atoms with E-state index in [-0.39, 0.29) is 0 Å². The first-order valence-corrected chi connectivity index (χ1v) is 6.76. The Morgan fingerprint density at radius 1 is 1.33 bits per heavy atom. The molecule has 0 aliphatic heterocycles. The first kappa shape index (κ1) is 12.9. The van der Waals surface area contributed by atoms with Crippen LogP contribution in [0.1, 0.15) is 13.3 Å². The highest BCUT2D eigenvalue weighted by Crippen LogP contribution is 2.28. The maximum atomic E-state index is 5.25. The molecule has 0 spiro atoms. The van der Waals surface area contributed by atoms with Gasteiger partial charge in [-0.05, 0) is 6.42 Å². The molecular weight excluding hydrogens is 250 g/mol. The highest BCUT2D eigenvalue weighted by molar-refractivity contribution is 7.99. The van der Waals surface area contributed by atoms with Gasteiger partial charge in [-0.3, -0.25) is 4.68 Å². The van der Waals surface area contributed by atoms with Gasteiger partial charge in [-0.15, -0.1) is 15.3 Å². The molecule has 18 heavy (non-hydrogen) atoms. The van der Waals surface area contributed by atoms with Crippen LogP contribution in [0, 0.1) is 0 Å². The molecule has 0 aliphatic rings. The van der Waals surface area contributed by atoms with Crippen LogP contribution in [0.15, 0.2) is 11.4 Å². The Balaban J connectivity index is 2.35. The van der Waals surface area contributed by atoms with Crippen molar-refractivity contribution in [2.75, 3.05) is 12.9 Å². The highest BCUT2D eigenvalue weighted by atomic mass is 32.2. The van der Waals surface area contributed by atoms with Gasteiger partial charge in [-0.1, -0.05) is 18.7 Å². The SMILES string of the molecule is CCCSc1nnc(-c2cn(C)nc2OC)n1C. The topological polar surface area (TPSA) is 57.8 Å². The largest absolute Gasteiger partial charge is 0.479 e. The van der Waals surface area contributed by atoms with Crippen molar-refractivity contribution < 1.29 is 4.74 Å². The van der Waals surface area contributed by atoms with Crippen molar-refractivity contribution in [3.8, 4) is 17.3 Å². The van der Waals surface area contributed by atoms with Crippen LogP contribution in [0.3, 0.4) is 0 Å². The number of thioether (sulfide) groups is 1. The van der Waals surface area contributed by atoms with Gasteiger partial charge in [0.2, 0.25) is 5.88 Å². The molecule has 0 atom stereocenters. The first-order chi connectivity index (χ1) is 8.67. The second-order valence-corrected chi connectivity index (χ2v) is 5.00. The summed E-state index contributed by atoms with van der Waals surface area (Å²) >= 11 is 1.70. The molecule has 2 heterocycles. The number of aromatic nitrogens is 5. The molecule has 0 radical (unpaired) electrons. The van der Waals surface area contributed by atoms with Crippen molar-refractivity contribution in [3.05, 3.63) is 6.20 Å². The summed E-state index contributed by atoms with van der Waals surface area (Å²) < 4.78 is 8.93. The minimum absolute atomic E-state index is 0.569. The van der Waals surface area contributed by atoms with Crippen LogP contribution >= 0.6 is 11.8 Å². The molecule has 2 rings (SSSR count). The van der Waals surface area contributed by atoms with Crippen molar-refractivity contribution in [2.24, 2.45) is 14.1 Å². The van der Waals surface area contributed by atoms with Gasteiger partial charge < -0.3 is 9.30 Å². The molecule has 0 amide bonds. The molecule has 7 heteroatoms. The zero-order valence-electron chi connectivity index (χ0n) is 11.0. The predicted molar refractivity (Wildman–Crippen MR) is 70.8 cm³/mol. The zero-order chi connectivity index (χ0) is 13.1. The van der Waals surface area contributed by atoms with Gasteiger partial charge in [-0.25, -0.2) is 0 Å². The second kappa shape index (κ2) is 5.43. The van der Waals surface area contributed by atoms with Crippen molar-refractivity contribution >= 4 is 11.8 Å². The van der Waals surface area contributed by atoms with Crippen molar-refractivity contribution in [3.63, 3.8) is 0 Å². The molecule has 0 saturated heterocycles. The summed E-state index contributed by atoms with van der Waals surface area (Å²) in [4.78, 5) is 0. The van der Waals surface area contributed by atoms with E-state index in [0.29, 0.717) is 5.88 Å².